The van der Waals surface area contributed by atoms with Crippen LogP contribution >= 0.6 is 0 Å². The third kappa shape index (κ3) is 10.3. The maximum Gasteiger partial charge on any atom is 0.323 e. The molecule has 0 unspecified atom stereocenters. The maximum absolute atomic E-state index is 12.9. The predicted molar refractivity (Wildman–Crippen MR) is 130 cm³/mol. The van der Waals surface area contributed by atoms with Gasteiger partial charge in [-0.05, 0) is 24.3 Å². The van der Waals surface area contributed by atoms with E-state index in [1.54, 1.807) is 60.7 Å². The summed E-state index contributed by atoms with van der Waals surface area (Å²) in [5.74, 6) is -4.75. The van der Waals surface area contributed by atoms with E-state index >= 15 is 0 Å². The van der Waals surface area contributed by atoms with E-state index in [0.717, 1.165) is 4.90 Å². The van der Waals surface area contributed by atoms with Crippen LogP contribution in [0.15, 0.2) is 60.7 Å². The molecule has 0 aliphatic rings. The topological polar surface area (TPSA) is 168 Å². The van der Waals surface area contributed by atoms with Crippen molar-refractivity contribution in [2.45, 2.75) is 0 Å². The van der Waals surface area contributed by atoms with Gasteiger partial charge in [0.1, 0.15) is 6.54 Å². The number of amides is 2. The fourth-order valence-corrected chi connectivity index (χ4v) is 3.36. The zero-order valence-electron chi connectivity index (χ0n) is 19.4. The Balaban J connectivity index is 2.07. The van der Waals surface area contributed by atoms with Crippen molar-refractivity contribution in [1.29, 1.82) is 0 Å². The molecule has 0 aliphatic carbocycles. The highest BCUT2D eigenvalue weighted by atomic mass is 16.4. The van der Waals surface area contributed by atoms with E-state index in [0.29, 0.717) is 11.4 Å². The van der Waals surface area contributed by atoms with Gasteiger partial charge in [-0.15, -0.1) is 0 Å². The summed E-state index contributed by atoms with van der Waals surface area (Å²) in [5, 5.41) is 30.4. The molecule has 192 valence electrons. The summed E-state index contributed by atoms with van der Waals surface area (Å²) in [6.07, 6.45) is 0. The summed E-state index contributed by atoms with van der Waals surface area (Å²) < 4.78 is 0. The normalized spacial score (nSPS) is 10.7. The lowest BCUT2D eigenvalue weighted by Crippen LogP contribution is -2.47. The quantitative estimate of drug-likeness (QED) is 0.270. The van der Waals surface area contributed by atoms with E-state index < -0.39 is 55.9 Å². The van der Waals surface area contributed by atoms with E-state index in [1.165, 1.54) is 9.80 Å². The smallest absolute Gasteiger partial charge is 0.323 e. The number of carbonyl (C=O) groups is 5. The van der Waals surface area contributed by atoms with Crippen molar-refractivity contribution in [3.63, 3.8) is 0 Å². The number of aliphatic carboxylic acids is 3. The van der Waals surface area contributed by atoms with Crippen LogP contribution in [0.25, 0.3) is 0 Å². The standard InChI is InChI=1S/C24H28N4O8/c29-20(25-18-7-3-1-4-8-18)13-26(15-22(31)32)11-12-27(16-23(33)34)14-21(30)28(17-24(35)36)19-9-5-2-6-10-19/h1-10H,11-17H2,(H,25,29)(H,31,32)(H,33,34)(H,35,36). The van der Waals surface area contributed by atoms with Crippen LogP contribution in [0.2, 0.25) is 0 Å². The SMILES string of the molecule is O=C(O)CN(CCN(CC(=O)O)CC(=O)N(CC(=O)O)c1ccccc1)CC(=O)Nc1ccccc1. The Morgan fingerprint density at radius 2 is 1.08 bits per heavy atom. The maximum atomic E-state index is 12.9. The van der Waals surface area contributed by atoms with Gasteiger partial charge in [-0.3, -0.25) is 33.8 Å². The van der Waals surface area contributed by atoms with Gasteiger partial charge in [0.15, 0.2) is 0 Å². The number of benzene rings is 2. The average molecular weight is 501 g/mol. The lowest BCUT2D eigenvalue weighted by atomic mass is 10.2. The zero-order valence-corrected chi connectivity index (χ0v) is 19.4. The number of carboxylic acid groups (broad SMARTS) is 3. The molecule has 0 saturated heterocycles. The molecular weight excluding hydrogens is 472 g/mol. The van der Waals surface area contributed by atoms with Crippen LogP contribution in [0, 0.1) is 0 Å². The lowest BCUT2D eigenvalue weighted by molar-refractivity contribution is -0.141. The molecule has 36 heavy (non-hydrogen) atoms. The number of hydrogen-bond acceptors (Lipinski definition) is 7. The highest BCUT2D eigenvalue weighted by molar-refractivity contribution is 5.98. The van der Waals surface area contributed by atoms with Crippen molar-refractivity contribution in [3.05, 3.63) is 60.7 Å². The van der Waals surface area contributed by atoms with Gasteiger partial charge in [0.05, 0.1) is 26.2 Å². The van der Waals surface area contributed by atoms with E-state index in [-0.39, 0.29) is 19.6 Å². The van der Waals surface area contributed by atoms with Gasteiger partial charge >= 0.3 is 17.9 Å². The first-order valence-electron chi connectivity index (χ1n) is 10.9. The molecule has 2 amide bonds. The number of nitrogens with zero attached hydrogens (tertiary/aromatic N) is 3. The summed E-state index contributed by atoms with van der Waals surface area (Å²) in [4.78, 5) is 62.9. The first kappa shape index (κ1) is 28.0. The van der Waals surface area contributed by atoms with Crippen LogP contribution in [0.5, 0.6) is 0 Å². The largest absolute Gasteiger partial charge is 0.480 e. The van der Waals surface area contributed by atoms with Gasteiger partial charge in [-0.2, -0.15) is 0 Å². The second-order valence-corrected chi connectivity index (χ2v) is 7.83. The summed E-state index contributed by atoms with van der Waals surface area (Å²) in [6.45, 7) is -2.42. The molecule has 0 aliphatic heterocycles. The zero-order chi connectivity index (χ0) is 26.5. The Labute approximate surface area is 207 Å². The van der Waals surface area contributed by atoms with Gasteiger partial charge in [-0.1, -0.05) is 36.4 Å². The minimum Gasteiger partial charge on any atom is -0.480 e. The van der Waals surface area contributed by atoms with Gasteiger partial charge in [0, 0.05) is 24.5 Å². The van der Waals surface area contributed by atoms with Crippen LogP contribution in [0.3, 0.4) is 0 Å². The van der Waals surface area contributed by atoms with Crippen LogP contribution in [-0.4, -0.2) is 101 Å². The molecule has 2 aromatic carbocycles. The Morgan fingerprint density at radius 3 is 1.58 bits per heavy atom. The fourth-order valence-electron chi connectivity index (χ4n) is 3.36. The van der Waals surface area contributed by atoms with Crippen molar-refractivity contribution < 1.29 is 39.3 Å². The Kier molecular flexibility index (Phi) is 11.0. The van der Waals surface area contributed by atoms with Crippen molar-refractivity contribution in [2.75, 3.05) is 56.0 Å². The van der Waals surface area contributed by atoms with Crippen LogP contribution < -0.4 is 10.2 Å². The first-order chi connectivity index (χ1) is 17.1. The Bertz CT molecular complexity index is 1050. The molecule has 4 N–H and O–H groups in total. The third-order valence-electron chi connectivity index (χ3n) is 4.90. The van der Waals surface area contributed by atoms with Crippen molar-refractivity contribution >= 4 is 41.1 Å². The molecule has 2 aromatic rings. The number of hydrogen-bond donors (Lipinski definition) is 4. The molecule has 0 heterocycles. The molecule has 12 nitrogen and oxygen atoms in total. The Hall–Kier alpha value is -4.29. The molecule has 2 rings (SSSR count). The molecule has 12 heteroatoms. The van der Waals surface area contributed by atoms with E-state index in [2.05, 4.69) is 5.32 Å². The van der Waals surface area contributed by atoms with Crippen molar-refractivity contribution in [3.8, 4) is 0 Å². The van der Waals surface area contributed by atoms with E-state index in [9.17, 15) is 39.3 Å². The Morgan fingerprint density at radius 1 is 0.611 bits per heavy atom. The summed E-state index contributed by atoms with van der Waals surface area (Å²) in [6, 6.07) is 16.7. The second kappa shape index (κ2) is 14.2. The van der Waals surface area contributed by atoms with Gasteiger partial charge < -0.3 is 25.5 Å². The highest BCUT2D eigenvalue weighted by Gasteiger charge is 2.23. The van der Waals surface area contributed by atoms with E-state index in [1.807, 2.05) is 0 Å². The number of carbonyl (C=O) groups excluding carboxylic acids is 2. The molecule has 0 saturated carbocycles. The first-order valence-corrected chi connectivity index (χ1v) is 10.9. The number of nitrogens with one attached hydrogen (secondary N) is 1. The summed E-state index contributed by atoms with van der Waals surface area (Å²) >= 11 is 0. The van der Waals surface area contributed by atoms with Crippen LogP contribution in [-0.2, 0) is 24.0 Å². The average Bonchev–Trinajstić information content (AvgIpc) is 2.81. The lowest BCUT2D eigenvalue weighted by Gasteiger charge is -2.28. The van der Waals surface area contributed by atoms with E-state index in [4.69, 9.17) is 0 Å². The van der Waals surface area contributed by atoms with Gasteiger partial charge in [-0.25, -0.2) is 0 Å². The third-order valence-corrected chi connectivity index (χ3v) is 4.90. The molecule has 0 bridgehead atoms. The molecule has 0 aromatic heterocycles. The second-order valence-electron chi connectivity index (χ2n) is 7.83. The minimum atomic E-state index is -1.24. The van der Waals surface area contributed by atoms with Gasteiger partial charge in [0.2, 0.25) is 11.8 Å². The van der Waals surface area contributed by atoms with Crippen molar-refractivity contribution in [1.82, 2.24) is 9.80 Å². The summed E-state index contributed by atoms with van der Waals surface area (Å²) in [5.41, 5.74) is 0.876. The van der Waals surface area contributed by atoms with Crippen LogP contribution in [0.1, 0.15) is 0 Å². The molecule has 0 fully saturated rings. The number of rotatable bonds is 15. The minimum absolute atomic E-state index is 0.0284. The molecular formula is C24H28N4O8. The fraction of sp³-hybridized carbons (Fsp3) is 0.292. The monoisotopic (exact) mass is 500 g/mol. The highest BCUT2D eigenvalue weighted by Crippen LogP contribution is 2.14. The predicted octanol–water partition coefficient (Wildman–Crippen LogP) is 0.516. The molecule has 0 atom stereocenters. The molecule has 0 spiro atoms. The van der Waals surface area contributed by atoms with Crippen molar-refractivity contribution in [2.24, 2.45) is 0 Å². The number of carboxylic acids is 3. The molecule has 0 radical (unpaired) electrons. The van der Waals surface area contributed by atoms with Gasteiger partial charge in [0.25, 0.3) is 0 Å². The number of para-hydroxylation sites is 2. The number of anilines is 2. The van der Waals surface area contributed by atoms with Crippen LogP contribution in [0.4, 0.5) is 11.4 Å². The summed E-state index contributed by atoms with van der Waals surface area (Å²) in [7, 11) is 0.